The molecular formula is C16H15ClFNO5S. The Balaban J connectivity index is 1.94. The molecule has 0 atom stereocenters. The van der Waals surface area contributed by atoms with Gasteiger partial charge in [0.25, 0.3) is 0 Å². The highest BCUT2D eigenvalue weighted by Gasteiger charge is 2.27. The number of hydrogen-bond donors (Lipinski definition) is 0. The first-order valence-electron chi connectivity index (χ1n) is 7.36. The number of rotatable bonds is 6. The highest BCUT2D eigenvalue weighted by molar-refractivity contribution is 8.04. The van der Waals surface area contributed by atoms with Crippen LogP contribution in [0.3, 0.4) is 0 Å². The van der Waals surface area contributed by atoms with Crippen molar-refractivity contribution in [2.45, 2.75) is 6.92 Å². The molecule has 1 saturated heterocycles. The number of nitrogens with zero attached hydrogens (tertiary/aromatic N) is 1. The topological polar surface area (TPSA) is 72.9 Å². The Morgan fingerprint density at radius 2 is 2.16 bits per heavy atom. The quantitative estimate of drug-likeness (QED) is 0.552. The molecule has 1 amide bonds. The van der Waals surface area contributed by atoms with Gasteiger partial charge in [-0.1, -0.05) is 23.4 Å². The minimum atomic E-state index is -0.722. The maximum absolute atomic E-state index is 13.0. The van der Waals surface area contributed by atoms with Crippen molar-refractivity contribution < 1.29 is 28.2 Å². The predicted octanol–water partition coefficient (Wildman–Crippen LogP) is 2.62. The van der Waals surface area contributed by atoms with Gasteiger partial charge in [0.1, 0.15) is 12.4 Å². The summed E-state index contributed by atoms with van der Waals surface area (Å²) in [7, 11) is 0. The van der Waals surface area contributed by atoms with Crippen molar-refractivity contribution in [1.29, 1.82) is 0 Å². The Morgan fingerprint density at radius 3 is 2.84 bits per heavy atom. The number of amides is 1. The van der Waals surface area contributed by atoms with Crippen molar-refractivity contribution >= 4 is 41.2 Å². The Kier molecular flexibility index (Phi) is 6.83. The summed E-state index contributed by atoms with van der Waals surface area (Å²) in [5.74, 6) is -1.82. The summed E-state index contributed by atoms with van der Waals surface area (Å²) in [5, 5.41) is 0.389. The molecule has 6 nitrogen and oxygen atoms in total. The van der Waals surface area contributed by atoms with E-state index in [2.05, 4.69) is 0 Å². The molecule has 1 aromatic carbocycles. The van der Waals surface area contributed by atoms with Gasteiger partial charge in [0, 0.05) is 0 Å². The smallest absolute Gasteiger partial charge is 0.339 e. The fourth-order valence-corrected chi connectivity index (χ4v) is 3.22. The Bertz CT molecular complexity index is 724. The second-order valence-electron chi connectivity index (χ2n) is 4.83. The van der Waals surface area contributed by atoms with Crippen molar-refractivity contribution in [3.8, 4) is 0 Å². The lowest BCUT2D eigenvalue weighted by atomic mass is 10.2. The first-order valence-corrected chi connectivity index (χ1v) is 8.72. The molecule has 0 aliphatic carbocycles. The van der Waals surface area contributed by atoms with Gasteiger partial charge in [0.2, 0.25) is 5.91 Å². The third-order valence-corrected chi connectivity index (χ3v) is 4.48. The van der Waals surface area contributed by atoms with Crippen LogP contribution in [0.25, 0.3) is 0 Å². The maximum atomic E-state index is 13.0. The Morgan fingerprint density at radius 1 is 1.40 bits per heavy atom. The van der Waals surface area contributed by atoms with Crippen LogP contribution in [-0.2, 0) is 19.1 Å². The summed E-state index contributed by atoms with van der Waals surface area (Å²) < 4.78 is 22.9. The largest absolute Gasteiger partial charge is 0.463 e. The minimum Gasteiger partial charge on any atom is -0.463 e. The monoisotopic (exact) mass is 387 g/mol. The van der Waals surface area contributed by atoms with Gasteiger partial charge in [0.15, 0.2) is 0 Å². The number of carbonyl (C=O) groups excluding carboxylic acids is 3. The molecule has 2 rings (SSSR count). The van der Waals surface area contributed by atoms with Gasteiger partial charge in [0.05, 0.1) is 40.6 Å². The van der Waals surface area contributed by atoms with E-state index < -0.39 is 17.8 Å². The molecule has 1 aliphatic rings. The van der Waals surface area contributed by atoms with E-state index in [9.17, 15) is 18.8 Å². The normalized spacial score (nSPS) is 15.6. The molecule has 0 saturated carbocycles. The standard InChI is InChI=1S/C16H15ClFNO5S/c1-2-23-15(21)8-14-19(13(20)9-25-14)5-6-24-16(22)11-4-3-10(18)7-12(11)17/h3-4,7-8H,2,5-6,9H2,1H3/b14-8-. The molecule has 1 aliphatic heterocycles. The zero-order valence-corrected chi connectivity index (χ0v) is 14.9. The molecule has 0 spiro atoms. The van der Waals surface area contributed by atoms with Crippen LogP contribution in [-0.4, -0.2) is 48.3 Å². The van der Waals surface area contributed by atoms with Crippen LogP contribution in [0.4, 0.5) is 4.39 Å². The Hall–Kier alpha value is -2.06. The highest BCUT2D eigenvalue weighted by atomic mass is 35.5. The number of hydrogen-bond acceptors (Lipinski definition) is 6. The van der Waals surface area contributed by atoms with Gasteiger partial charge < -0.3 is 14.4 Å². The first kappa shape index (κ1) is 19.3. The number of benzene rings is 1. The summed E-state index contributed by atoms with van der Waals surface area (Å²) in [6, 6.07) is 3.34. The fourth-order valence-electron chi connectivity index (χ4n) is 2.02. The SMILES string of the molecule is CCOC(=O)/C=C1\SCC(=O)N1CCOC(=O)c1ccc(F)cc1Cl. The van der Waals surface area contributed by atoms with Crippen LogP contribution in [0.5, 0.6) is 0 Å². The van der Waals surface area contributed by atoms with Crippen LogP contribution in [0.2, 0.25) is 5.02 Å². The van der Waals surface area contributed by atoms with Crippen molar-refractivity contribution in [3.05, 3.63) is 45.7 Å². The van der Waals surface area contributed by atoms with E-state index in [-0.39, 0.29) is 42.0 Å². The van der Waals surface area contributed by atoms with Gasteiger partial charge in [-0.25, -0.2) is 14.0 Å². The van der Waals surface area contributed by atoms with Gasteiger partial charge >= 0.3 is 11.9 Å². The third kappa shape index (κ3) is 5.20. The van der Waals surface area contributed by atoms with E-state index in [1.54, 1.807) is 6.92 Å². The number of thioether (sulfide) groups is 1. The number of ether oxygens (including phenoxy) is 2. The highest BCUT2D eigenvalue weighted by Crippen LogP contribution is 2.28. The van der Waals surface area contributed by atoms with E-state index in [1.807, 2.05) is 0 Å². The summed E-state index contributed by atoms with van der Waals surface area (Å²) >= 11 is 7.00. The molecule has 9 heteroatoms. The maximum Gasteiger partial charge on any atom is 0.339 e. The number of carbonyl (C=O) groups is 3. The van der Waals surface area contributed by atoms with Crippen molar-refractivity contribution in [3.63, 3.8) is 0 Å². The number of esters is 2. The van der Waals surface area contributed by atoms with Crippen LogP contribution < -0.4 is 0 Å². The molecule has 134 valence electrons. The van der Waals surface area contributed by atoms with Gasteiger partial charge in [-0.15, -0.1) is 0 Å². The fraction of sp³-hybridized carbons (Fsp3) is 0.312. The molecule has 25 heavy (non-hydrogen) atoms. The van der Waals surface area contributed by atoms with E-state index in [0.717, 1.165) is 12.1 Å². The van der Waals surface area contributed by atoms with Crippen LogP contribution in [0, 0.1) is 5.82 Å². The van der Waals surface area contributed by atoms with Crippen molar-refractivity contribution in [2.75, 3.05) is 25.5 Å². The molecule has 1 aromatic rings. The third-order valence-electron chi connectivity index (χ3n) is 3.14. The zero-order valence-electron chi connectivity index (χ0n) is 13.3. The lowest BCUT2D eigenvalue weighted by molar-refractivity contribution is -0.137. The molecule has 1 heterocycles. The molecule has 0 N–H and O–H groups in total. The van der Waals surface area contributed by atoms with Crippen LogP contribution in [0.15, 0.2) is 29.3 Å². The molecular weight excluding hydrogens is 373 g/mol. The summed E-state index contributed by atoms with van der Waals surface area (Å²) in [6.45, 7) is 1.90. The molecule has 0 aromatic heterocycles. The second kappa shape index (κ2) is 8.87. The predicted molar refractivity (Wildman–Crippen MR) is 90.6 cm³/mol. The van der Waals surface area contributed by atoms with Gasteiger partial charge in [-0.3, -0.25) is 4.79 Å². The summed E-state index contributed by atoms with van der Waals surface area (Å²) in [5.41, 5.74) is 0.0347. The lowest BCUT2D eigenvalue weighted by Gasteiger charge is -2.17. The van der Waals surface area contributed by atoms with E-state index >= 15 is 0 Å². The number of halogens is 2. The van der Waals surface area contributed by atoms with Crippen LogP contribution in [0.1, 0.15) is 17.3 Å². The van der Waals surface area contributed by atoms with E-state index in [1.165, 1.54) is 28.8 Å². The Labute approximate surface area is 152 Å². The van der Waals surface area contributed by atoms with E-state index in [4.69, 9.17) is 21.1 Å². The molecule has 0 radical (unpaired) electrons. The summed E-state index contributed by atoms with van der Waals surface area (Å²) in [4.78, 5) is 36.7. The minimum absolute atomic E-state index is 0.0347. The average molecular weight is 388 g/mol. The molecule has 1 fully saturated rings. The molecule has 0 bridgehead atoms. The van der Waals surface area contributed by atoms with Crippen molar-refractivity contribution in [1.82, 2.24) is 4.90 Å². The van der Waals surface area contributed by atoms with Gasteiger partial charge in [-0.05, 0) is 25.1 Å². The van der Waals surface area contributed by atoms with Gasteiger partial charge in [-0.2, -0.15) is 0 Å². The van der Waals surface area contributed by atoms with Crippen LogP contribution >= 0.6 is 23.4 Å². The van der Waals surface area contributed by atoms with E-state index in [0.29, 0.717) is 5.03 Å². The first-order chi connectivity index (χ1) is 11.9. The molecule has 0 unspecified atom stereocenters. The second-order valence-corrected chi connectivity index (χ2v) is 6.23. The zero-order chi connectivity index (χ0) is 18.4. The summed E-state index contributed by atoms with van der Waals surface area (Å²) in [6.07, 6.45) is 1.23. The lowest BCUT2D eigenvalue weighted by Crippen LogP contribution is -2.29. The van der Waals surface area contributed by atoms with Crippen molar-refractivity contribution in [2.24, 2.45) is 0 Å². The average Bonchev–Trinajstić information content (AvgIpc) is 2.88.